The van der Waals surface area contributed by atoms with Gasteiger partial charge in [0, 0.05) is 42.7 Å². The molecule has 1 saturated carbocycles. The fourth-order valence-electron chi connectivity index (χ4n) is 4.71. The summed E-state index contributed by atoms with van der Waals surface area (Å²) >= 11 is 6.16. The van der Waals surface area contributed by atoms with Crippen molar-refractivity contribution >= 4 is 11.6 Å². The SMILES string of the molecule is Clc1ccc(C(c2ccccc2)C2CNCCN2C2CCCC2)cc1. The van der Waals surface area contributed by atoms with Crippen molar-refractivity contribution in [2.24, 2.45) is 0 Å². The Labute approximate surface area is 156 Å². The Bertz CT molecular complexity index is 664. The molecule has 0 spiro atoms. The van der Waals surface area contributed by atoms with E-state index in [1.807, 2.05) is 12.1 Å². The fourth-order valence-corrected chi connectivity index (χ4v) is 4.83. The third-order valence-corrected chi connectivity index (χ3v) is 6.14. The molecule has 2 nitrogen and oxygen atoms in total. The molecule has 2 fully saturated rings. The van der Waals surface area contributed by atoms with Crippen LogP contribution in [0.1, 0.15) is 42.7 Å². The maximum Gasteiger partial charge on any atom is 0.0406 e. The van der Waals surface area contributed by atoms with E-state index in [2.05, 4.69) is 52.7 Å². The molecule has 2 aliphatic rings. The van der Waals surface area contributed by atoms with Gasteiger partial charge in [0.05, 0.1) is 0 Å². The van der Waals surface area contributed by atoms with Crippen LogP contribution in [0.3, 0.4) is 0 Å². The van der Waals surface area contributed by atoms with Crippen molar-refractivity contribution in [2.45, 2.75) is 43.7 Å². The highest BCUT2D eigenvalue weighted by Gasteiger charge is 2.36. The molecule has 1 heterocycles. The Morgan fingerprint density at radius 2 is 1.60 bits per heavy atom. The number of nitrogens with zero attached hydrogens (tertiary/aromatic N) is 1. The number of rotatable bonds is 4. The first kappa shape index (κ1) is 17.1. The first-order valence-corrected chi connectivity index (χ1v) is 9.97. The van der Waals surface area contributed by atoms with E-state index in [1.165, 1.54) is 36.8 Å². The molecule has 1 aliphatic heterocycles. The maximum atomic E-state index is 6.16. The number of hydrogen-bond donors (Lipinski definition) is 1. The number of benzene rings is 2. The smallest absolute Gasteiger partial charge is 0.0406 e. The van der Waals surface area contributed by atoms with Crippen LogP contribution in [0.4, 0.5) is 0 Å². The van der Waals surface area contributed by atoms with Crippen molar-refractivity contribution in [3.63, 3.8) is 0 Å². The van der Waals surface area contributed by atoms with Gasteiger partial charge in [-0.25, -0.2) is 0 Å². The predicted molar refractivity (Wildman–Crippen MR) is 105 cm³/mol. The third kappa shape index (κ3) is 3.76. The van der Waals surface area contributed by atoms with Crippen LogP contribution in [0.2, 0.25) is 5.02 Å². The topological polar surface area (TPSA) is 15.3 Å². The van der Waals surface area contributed by atoms with E-state index in [9.17, 15) is 0 Å². The van der Waals surface area contributed by atoms with Crippen molar-refractivity contribution in [1.29, 1.82) is 0 Å². The quantitative estimate of drug-likeness (QED) is 0.856. The van der Waals surface area contributed by atoms with Crippen LogP contribution >= 0.6 is 11.6 Å². The Morgan fingerprint density at radius 1 is 0.920 bits per heavy atom. The van der Waals surface area contributed by atoms with Crippen LogP contribution in [0.25, 0.3) is 0 Å². The largest absolute Gasteiger partial charge is 0.314 e. The van der Waals surface area contributed by atoms with E-state index in [1.54, 1.807) is 0 Å². The van der Waals surface area contributed by atoms with Gasteiger partial charge in [0.15, 0.2) is 0 Å². The molecule has 0 amide bonds. The lowest BCUT2D eigenvalue weighted by Crippen LogP contribution is -2.57. The zero-order valence-electron chi connectivity index (χ0n) is 14.7. The number of hydrogen-bond acceptors (Lipinski definition) is 2. The summed E-state index contributed by atoms with van der Waals surface area (Å²) in [7, 11) is 0. The van der Waals surface area contributed by atoms with Gasteiger partial charge in [0.1, 0.15) is 0 Å². The lowest BCUT2D eigenvalue weighted by atomic mass is 9.82. The van der Waals surface area contributed by atoms with Crippen LogP contribution in [0.5, 0.6) is 0 Å². The van der Waals surface area contributed by atoms with Gasteiger partial charge in [0.25, 0.3) is 0 Å². The van der Waals surface area contributed by atoms with E-state index in [4.69, 9.17) is 11.6 Å². The predicted octanol–water partition coefficient (Wildman–Crippen LogP) is 4.69. The summed E-state index contributed by atoms with van der Waals surface area (Å²) in [5, 5.41) is 4.46. The zero-order valence-corrected chi connectivity index (χ0v) is 15.5. The fraction of sp³-hybridized carbons (Fsp3) is 0.455. The second kappa shape index (κ2) is 7.90. The van der Waals surface area contributed by atoms with Gasteiger partial charge >= 0.3 is 0 Å². The lowest BCUT2D eigenvalue weighted by molar-refractivity contribution is 0.0975. The van der Waals surface area contributed by atoms with Crippen LogP contribution in [-0.4, -0.2) is 36.6 Å². The number of nitrogens with one attached hydrogen (secondary N) is 1. The van der Waals surface area contributed by atoms with Crippen LogP contribution < -0.4 is 5.32 Å². The van der Waals surface area contributed by atoms with E-state index in [-0.39, 0.29) is 0 Å². The summed E-state index contributed by atoms with van der Waals surface area (Å²) < 4.78 is 0. The summed E-state index contributed by atoms with van der Waals surface area (Å²) in [5.41, 5.74) is 2.77. The summed E-state index contributed by atoms with van der Waals surface area (Å²) in [6.45, 7) is 3.32. The van der Waals surface area contributed by atoms with Gasteiger partial charge in [-0.1, -0.05) is 66.9 Å². The lowest BCUT2D eigenvalue weighted by Gasteiger charge is -2.44. The number of piperazine rings is 1. The molecule has 2 aromatic carbocycles. The van der Waals surface area contributed by atoms with E-state index in [0.717, 1.165) is 30.7 Å². The first-order valence-electron chi connectivity index (χ1n) is 9.60. The van der Waals surface area contributed by atoms with Crippen molar-refractivity contribution in [1.82, 2.24) is 10.2 Å². The molecular weight excluding hydrogens is 328 g/mol. The summed E-state index contributed by atoms with van der Waals surface area (Å²) in [5.74, 6) is 0.381. The minimum Gasteiger partial charge on any atom is -0.314 e. The Balaban J connectivity index is 1.71. The molecule has 1 N–H and O–H groups in total. The highest BCUT2D eigenvalue weighted by molar-refractivity contribution is 6.30. The highest BCUT2D eigenvalue weighted by Crippen LogP contribution is 2.36. The second-order valence-electron chi connectivity index (χ2n) is 7.39. The minimum atomic E-state index is 0.381. The normalized spacial score (nSPS) is 23.6. The molecule has 2 aromatic rings. The molecule has 25 heavy (non-hydrogen) atoms. The molecule has 132 valence electrons. The second-order valence-corrected chi connectivity index (χ2v) is 7.82. The maximum absolute atomic E-state index is 6.16. The molecule has 2 atom stereocenters. The average molecular weight is 355 g/mol. The highest BCUT2D eigenvalue weighted by atomic mass is 35.5. The van der Waals surface area contributed by atoms with Gasteiger partial charge in [-0.15, -0.1) is 0 Å². The molecule has 0 bridgehead atoms. The van der Waals surface area contributed by atoms with Gasteiger partial charge in [-0.3, -0.25) is 4.90 Å². The summed E-state index contributed by atoms with van der Waals surface area (Å²) in [4.78, 5) is 2.80. The van der Waals surface area contributed by atoms with Crippen LogP contribution in [0, 0.1) is 0 Å². The molecule has 0 aromatic heterocycles. The molecule has 4 rings (SSSR count). The van der Waals surface area contributed by atoms with E-state index in [0.29, 0.717) is 12.0 Å². The minimum absolute atomic E-state index is 0.381. The zero-order chi connectivity index (χ0) is 17.1. The van der Waals surface area contributed by atoms with E-state index < -0.39 is 0 Å². The molecule has 1 aliphatic carbocycles. The molecular formula is C22H27ClN2. The van der Waals surface area contributed by atoms with Crippen LogP contribution in [-0.2, 0) is 0 Å². The number of halogens is 1. The van der Waals surface area contributed by atoms with Crippen molar-refractivity contribution < 1.29 is 0 Å². The van der Waals surface area contributed by atoms with Gasteiger partial charge in [-0.05, 0) is 36.1 Å². The van der Waals surface area contributed by atoms with Gasteiger partial charge < -0.3 is 5.32 Å². The monoisotopic (exact) mass is 354 g/mol. The van der Waals surface area contributed by atoms with Crippen LogP contribution in [0.15, 0.2) is 54.6 Å². The summed E-state index contributed by atoms with van der Waals surface area (Å²) in [6, 6.07) is 20.7. The molecule has 1 saturated heterocycles. The Hall–Kier alpha value is -1.35. The van der Waals surface area contributed by atoms with Crippen molar-refractivity contribution in [3.05, 3.63) is 70.7 Å². The Morgan fingerprint density at radius 3 is 2.32 bits per heavy atom. The molecule has 2 unspecified atom stereocenters. The first-order chi connectivity index (χ1) is 12.3. The van der Waals surface area contributed by atoms with E-state index >= 15 is 0 Å². The van der Waals surface area contributed by atoms with Crippen molar-refractivity contribution in [3.8, 4) is 0 Å². The van der Waals surface area contributed by atoms with Gasteiger partial charge in [0.2, 0.25) is 0 Å². The third-order valence-electron chi connectivity index (χ3n) is 5.89. The van der Waals surface area contributed by atoms with Crippen molar-refractivity contribution in [2.75, 3.05) is 19.6 Å². The molecule has 0 radical (unpaired) electrons. The summed E-state index contributed by atoms with van der Waals surface area (Å²) in [6.07, 6.45) is 5.49. The standard InChI is InChI=1S/C22H27ClN2/c23-19-12-10-18(11-13-19)22(17-6-2-1-3-7-17)21-16-24-14-15-25(21)20-8-4-5-9-20/h1-3,6-7,10-13,20-22,24H,4-5,8-9,14-16H2. The molecule has 3 heteroatoms. The Kier molecular flexibility index (Phi) is 5.40. The van der Waals surface area contributed by atoms with Gasteiger partial charge in [-0.2, -0.15) is 0 Å². The average Bonchev–Trinajstić information content (AvgIpc) is 3.19.